The Morgan fingerprint density at radius 3 is 2.15 bits per heavy atom. The van der Waals surface area contributed by atoms with Crippen LogP contribution in [0.4, 0.5) is 9.80 Å². The minimum absolute atomic E-state index is 0.106. The number of carbonyl (C=O) groups is 1. The summed E-state index contributed by atoms with van der Waals surface area (Å²) in [5.41, 5.74) is 5.49. The van der Waals surface area contributed by atoms with Crippen LogP contribution in [-0.2, 0) is 38.9 Å². The van der Waals surface area contributed by atoms with Gasteiger partial charge in [0.05, 0.1) is 0 Å². The van der Waals surface area contributed by atoms with Crippen LogP contribution in [0.5, 0.6) is 0 Å². The van der Waals surface area contributed by atoms with Gasteiger partial charge in [-0.1, -0.05) is 20.8 Å². The molecule has 2 amide bonds. The first-order valence-electron chi connectivity index (χ1n) is 12.5. The van der Waals surface area contributed by atoms with Crippen molar-refractivity contribution in [1.82, 2.24) is 19.7 Å². The molecule has 2 aliphatic rings. The number of hydrogen-bond donors (Lipinski definition) is 2. The number of rotatable bonds is 7. The molecule has 0 unspecified atom stereocenters. The number of aromatic nitrogens is 1. The van der Waals surface area contributed by atoms with E-state index in [-0.39, 0.29) is 6.03 Å². The van der Waals surface area contributed by atoms with Crippen molar-refractivity contribution in [2.75, 3.05) is 31.5 Å². The first-order chi connectivity index (χ1) is 16.6. The molecule has 3 aromatic rings. The van der Waals surface area contributed by atoms with Gasteiger partial charge < -0.3 is 9.88 Å². The van der Waals surface area contributed by atoms with Crippen LogP contribution in [0.1, 0.15) is 52.8 Å². The van der Waals surface area contributed by atoms with Crippen LogP contribution in [0.3, 0.4) is 0 Å². The number of nitrogens with one attached hydrogen (secondary N) is 2. The summed E-state index contributed by atoms with van der Waals surface area (Å²) in [4.78, 5) is 20.9. The maximum atomic E-state index is 13.0. The van der Waals surface area contributed by atoms with Gasteiger partial charge in [-0.25, -0.2) is 4.79 Å². The Labute approximate surface area is 210 Å². The number of thiophene rings is 2. The average Bonchev–Trinajstić information content (AvgIpc) is 3.58. The summed E-state index contributed by atoms with van der Waals surface area (Å²) in [5, 5.41) is 8.65. The van der Waals surface area contributed by atoms with Crippen LogP contribution in [0.2, 0.25) is 0 Å². The molecular formula is C26H35N5OS2. The lowest BCUT2D eigenvalue weighted by Crippen LogP contribution is -2.31. The molecule has 0 bridgehead atoms. The monoisotopic (exact) mass is 497 g/mol. The second kappa shape index (κ2) is 10.2. The zero-order valence-corrected chi connectivity index (χ0v) is 22.1. The highest BCUT2D eigenvalue weighted by molar-refractivity contribution is 7.16. The Balaban J connectivity index is 1.33. The predicted octanol–water partition coefficient (Wildman–Crippen LogP) is 5.24. The average molecular weight is 498 g/mol. The lowest BCUT2D eigenvalue weighted by Gasteiger charge is -2.25. The second-order valence-electron chi connectivity index (χ2n) is 9.09. The highest BCUT2D eigenvalue weighted by Gasteiger charge is 2.26. The van der Waals surface area contributed by atoms with E-state index in [1.165, 1.54) is 37.0 Å². The Morgan fingerprint density at radius 2 is 1.53 bits per heavy atom. The first-order valence-corrected chi connectivity index (χ1v) is 14.1. The zero-order chi connectivity index (χ0) is 23.7. The number of anilines is 1. The van der Waals surface area contributed by atoms with E-state index in [1.807, 2.05) is 11.3 Å². The number of likely N-dealkylation sites (N-methyl/N-ethyl adjacent to an activating group) is 2. The molecule has 0 fully saturated rings. The van der Waals surface area contributed by atoms with E-state index in [1.54, 1.807) is 11.3 Å². The van der Waals surface area contributed by atoms with Crippen molar-refractivity contribution in [3.8, 4) is 5.00 Å². The largest absolute Gasteiger partial charge is 0.334 e. The van der Waals surface area contributed by atoms with E-state index in [2.05, 4.69) is 70.3 Å². The minimum Gasteiger partial charge on any atom is -0.334 e. The molecule has 3 aromatic heterocycles. The lowest BCUT2D eigenvalue weighted by molar-refractivity contribution is 0.251. The van der Waals surface area contributed by atoms with Crippen LogP contribution in [0.25, 0.3) is 5.00 Å². The van der Waals surface area contributed by atoms with E-state index in [4.69, 9.17) is 0 Å². The first kappa shape index (κ1) is 23.6. The molecule has 0 saturated carbocycles. The summed E-state index contributed by atoms with van der Waals surface area (Å²) < 4.78 is 2.19. The van der Waals surface area contributed by atoms with Crippen LogP contribution in [0, 0.1) is 0 Å². The van der Waals surface area contributed by atoms with Crippen molar-refractivity contribution in [2.45, 2.75) is 59.7 Å². The van der Waals surface area contributed by atoms with Gasteiger partial charge in [0.25, 0.3) is 0 Å². The van der Waals surface area contributed by atoms with Crippen molar-refractivity contribution in [1.29, 1.82) is 0 Å². The zero-order valence-electron chi connectivity index (χ0n) is 20.4. The van der Waals surface area contributed by atoms with E-state index < -0.39 is 0 Å². The molecule has 2 aliphatic heterocycles. The van der Waals surface area contributed by atoms with Crippen molar-refractivity contribution in [2.24, 2.45) is 0 Å². The van der Waals surface area contributed by atoms with Gasteiger partial charge in [0.2, 0.25) is 0 Å². The van der Waals surface area contributed by atoms with Crippen LogP contribution >= 0.6 is 22.7 Å². The molecule has 6 nitrogen and oxygen atoms in total. The van der Waals surface area contributed by atoms with Crippen molar-refractivity contribution >= 4 is 33.7 Å². The number of hydrogen-bond acceptors (Lipinski definition) is 5. The van der Waals surface area contributed by atoms with Crippen molar-refractivity contribution in [3.05, 3.63) is 56.5 Å². The number of carbonyl (C=O) groups excluding carboxylic acids is 1. The van der Waals surface area contributed by atoms with Crippen molar-refractivity contribution in [3.63, 3.8) is 0 Å². The summed E-state index contributed by atoms with van der Waals surface area (Å²) in [6.45, 7) is 13.5. The topological polar surface area (TPSA) is 52.5 Å². The summed E-state index contributed by atoms with van der Waals surface area (Å²) in [6.07, 6.45) is 7.29. The van der Waals surface area contributed by atoms with Gasteiger partial charge in [-0.15, -0.1) is 22.7 Å². The summed E-state index contributed by atoms with van der Waals surface area (Å²) in [5.74, 6) is 0. The summed E-state index contributed by atoms with van der Waals surface area (Å²) in [7, 11) is 0. The summed E-state index contributed by atoms with van der Waals surface area (Å²) in [6, 6.07) is 4.02. The fourth-order valence-electron chi connectivity index (χ4n) is 5.22. The quantitative estimate of drug-likeness (QED) is 0.469. The van der Waals surface area contributed by atoms with Crippen LogP contribution in [0.15, 0.2) is 24.5 Å². The Morgan fingerprint density at radius 1 is 0.912 bits per heavy atom. The third-order valence-electron chi connectivity index (χ3n) is 7.21. The third kappa shape index (κ3) is 4.56. The Hall–Kier alpha value is -2.13. The van der Waals surface area contributed by atoms with Gasteiger partial charge >= 0.3 is 6.03 Å². The fourth-order valence-corrected chi connectivity index (χ4v) is 7.97. The standard InChI is InChI=1S/C26H35N5OS2/c1-4-18-19-9-13-29(5-2)16-22(19)33-24(18)28-26(32)27-15-21-20-10-14-30(6-3)17-23(20)34-25(21)31-11-7-8-12-31/h7-8,11-12H,4-6,9-10,13-17H2,1-3H3,(H2,27,28,32). The van der Waals surface area contributed by atoms with Gasteiger partial charge in [0.1, 0.15) is 10.0 Å². The molecule has 0 atom stereocenters. The molecule has 0 aliphatic carbocycles. The van der Waals surface area contributed by atoms with Gasteiger partial charge in [-0.2, -0.15) is 0 Å². The van der Waals surface area contributed by atoms with Gasteiger partial charge in [0.15, 0.2) is 0 Å². The van der Waals surface area contributed by atoms with Gasteiger partial charge in [0, 0.05) is 60.4 Å². The molecule has 0 spiro atoms. The Bertz CT molecular complexity index is 1150. The lowest BCUT2D eigenvalue weighted by atomic mass is 10.0. The van der Waals surface area contributed by atoms with E-state index in [0.717, 1.165) is 63.5 Å². The third-order valence-corrected chi connectivity index (χ3v) is 9.66. The normalized spacial score (nSPS) is 16.3. The van der Waals surface area contributed by atoms with Gasteiger partial charge in [-0.05, 0) is 61.2 Å². The number of nitrogens with zero attached hydrogens (tertiary/aromatic N) is 3. The molecule has 2 N–H and O–H groups in total. The maximum absolute atomic E-state index is 13.0. The van der Waals surface area contributed by atoms with Gasteiger partial charge in [-0.3, -0.25) is 15.1 Å². The predicted molar refractivity (Wildman–Crippen MR) is 143 cm³/mol. The Kier molecular flexibility index (Phi) is 7.11. The number of urea groups is 1. The summed E-state index contributed by atoms with van der Waals surface area (Å²) >= 11 is 3.63. The molecule has 0 radical (unpaired) electrons. The molecule has 0 aromatic carbocycles. The second-order valence-corrected chi connectivity index (χ2v) is 11.3. The number of amides is 2. The smallest absolute Gasteiger partial charge is 0.320 e. The molecule has 8 heteroatoms. The van der Waals surface area contributed by atoms with Crippen LogP contribution in [-0.4, -0.2) is 46.6 Å². The molecule has 0 saturated heterocycles. The van der Waals surface area contributed by atoms with Crippen molar-refractivity contribution < 1.29 is 4.79 Å². The fraction of sp³-hybridized carbons (Fsp3) is 0.500. The van der Waals surface area contributed by atoms with E-state index >= 15 is 0 Å². The number of fused-ring (bicyclic) bond motifs is 2. The maximum Gasteiger partial charge on any atom is 0.320 e. The van der Waals surface area contributed by atoms with E-state index in [9.17, 15) is 4.79 Å². The molecule has 5 heterocycles. The highest BCUT2D eigenvalue weighted by atomic mass is 32.1. The van der Waals surface area contributed by atoms with Crippen LogP contribution < -0.4 is 10.6 Å². The molecule has 182 valence electrons. The minimum atomic E-state index is -0.106. The highest BCUT2D eigenvalue weighted by Crippen LogP contribution is 2.38. The van der Waals surface area contributed by atoms with E-state index in [0.29, 0.717) is 6.54 Å². The molecule has 5 rings (SSSR count). The SMILES string of the molecule is CCc1c(NC(=O)NCc2c(-n3cccc3)sc3c2CCN(CC)C3)sc2c1CCN(CC)C2. The molecular weight excluding hydrogens is 462 g/mol. The molecule has 34 heavy (non-hydrogen) atoms.